The number of hydrogen-bond donors (Lipinski definition) is 2. The Morgan fingerprint density at radius 3 is 2.06 bits per heavy atom. The first kappa shape index (κ1) is 32.1. The van der Waals surface area contributed by atoms with Crippen LogP contribution in [0.4, 0.5) is 0 Å². The van der Waals surface area contributed by atoms with Crippen LogP contribution in [0.2, 0.25) is 0 Å². The fraction of sp³-hybridized carbons (Fsp3) is 0.0800. The Labute approximate surface area is 315 Å². The first-order valence-electron chi connectivity index (χ1n) is 18.8. The second-order valence-electron chi connectivity index (χ2n) is 14.1. The maximum atomic E-state index is 5.38. The molecular formula is C50H38N4. The van der Waals surface area contributed by atoms with Crippen LogP contribution in [0.1, 0.15) is 36.3 Å². The van der Waals surface area contributed by atoms with Gasteiger partial charge in [-0.2, -0.15) is 0 Å². The molecule has 1 aliphatic carbocycles. The molecule has 2 N–H and O–H groups in total. The van der Waals surface area contributed by atoms with E-state index in [4.69, 9.17) is 9.98 Å². The van der Waals surface area contributed by atoms with Gasteiger partial charge in [-0.05, 0) is 79.9 Å². The molecule has 4 nitrogen and oxygen atoms in total. The lowest BCUT2D eigenvalue weighted by Gasteiger charge is -2.32. The Kier molecular flexibility index (Phi) is 8.16. The zero-order valence-corrected chi connectivity index (χ0v) is 29.8. The van der Waals surface area contributed by atoms with Crippen molar-refractivity contribution in [3.05, 3.63) is 199 Å². The molecule has 10 rings (SSSR count). The molecule has 4 heteroatoms. The number of benzene rings is 7. The summed E-state index contributed by atoms with van der Waals surface area (Å²) in [6.07, 6.45) is 8.54. The van der Waals surface area contributed by atoms with E-state index in [2.05, 4.69) is 193 Å². The van der Waals surface area contributed by atoms with Crippen LogP contribution in [0.15, 0.2) is 193 Å². The van der Waals surface area contributed by atoms with Crippen molar-refractivity contribution >= 4 is 38.3 Å². The summed E-state index contributed by atoms with van der Waals surface area (Å²) in [4.78, 5) is 10.6. The number of hydrogen-bond acceptors (Lipinski definition) is 4. The number of fused-ring (bicyclic) bond motifs is 4. The first-order valence-corrected chi connectivity index (χ1v) is 18.8. The molecule has 1 aliphatic heterocycles. The van der Waals surface area contributed by atoms with E-state index in [1.807, 2.05) is 0 Å². The molecule has 2 atom stereocenters. The van der Waals surface area contributed by atoms with Gasteiger partial charge in [-0.15, -0.1) is 0 Å². The second kappa shape index (κ2) is 13.7. The van der Waals surface area contributed by atoms with Gasteiger partial charge in [0.2, 0.25) is 0 Å². The number of aromatic nitrogens is 1. The minimum Gasteiger partial charge on any atom is -0.350 e. The Balaban J connectivity index is 1.12. The molecule has 0 bridgehead atoms. The summed E-state index contributed by atoms with van der Waals surface area (Å²) >= 11 is 0. The van der Waals surface area contributed by atoms with E-state index < -0.39 is 0 Å². The lowest BCUT2D eigenvalue weighted by atomic mass is 9.89. The number of pyridine rings is 1. The summed E-state index contributed by atoms with van der Waals surface area (Å²) < 4.78 is 0. The second-order valence-corrected chi connectivity index (χ2v) is 14.1. The highest BCUT2D eigenvalue weighted by molar-refractivity contribution is 6.20. The summed E-state index contributed by atoms with van der Waals surface area (Å²) in [6, 6.07) is 58.6. The van der Waals surface area contributed by atoms with Crippen LogP contribution in [-0.2, 0) is 0 Å². The van der Waals surface area contributed by atoms with E-state index >= 15 is 0 Å². The first-order chi connectivity index (χ1) is 26.8. The van der Waals surface area contributed by atoms with Gasteiger partial charge in [-0.3, -0.25) is 5.32 Å². The Morgan fingerprint density at radius 2 is 1.26 bits per heavy atom. The SMILES string of the molecule is C1=CC(C2=NC(c3ccc(-c4cc5nc(-c6ccccc6)cc(-c6cccc7ccccc67)c5c5ccccc45)cc3)NC(c3ccccc3)N2)=CCC1. The standard InChI is InChI=1S/C50H38N4/c1-4-16-35(17-5-1)45-32-44(40-26-14-22-33-15-10-11-23-39(33)40)47-42-25-13-12-24-41(42)43(31-46(47)51-45)34-27-29-38(30-28-34)50-53-48(36-18-6-2-7-19-36)52-49(54-50)37-20-8-3-9-21-37/h1-2,4-8,10-32,48,50,53H,3,9H2,(H,52,54). The lowest BCUT2D eigenvalue weighted by molar-refractivity contribution is 0.409. The largest absolute Gasteiger partial charge is 0.350 e. The molecule has 2 unspecified atom stereocenters. The van der Waals surface area contributed by atoms with Crippen molar-refractivity contribution in [1.29, 1.82) is 0 Å². The van der Waals surface area contributed by atoms with Crippen molar-refractivity contribution in [2.75, 3.05) is 0 Å². The zero-order valence-electron chi connectivity index (χ0n) is 29.8. The van der Waals surface area contributed by atoms with Gasteiger partial charge in [0, 0.05) is 16.5 Å². The molecule has 2 heterocycles. The van der Waals surface area contributed by atoms with Crippen molar-refractivity contribution in [2.45, 2.75) is 25.2 Å². The lowest BCUT2D eigenvalue weighted by Crippen LogP contribution is -2.45. The van der Waals surface area contributed by atoms with E-state index in [1.165, 1.54) is 43.6 Å². The van der Waals surface area contributed by atoms with Gasteiger partial charge >= 0.3 is 0 Å². The van der Waals surface area contributed by atoms with Gasteiger partial charge in [0.15, 0.2) is 0 Å². The number of nitrogens with zero attached hydrogens (tertiary/aromatic N) is 2. The normalized spacial score (nSPS) is 17.0. The smallest absolute Gasteiger partial charge is 0.131 e. The minimum absolute atomic E-state index is 0.0650. The highest BCUT2D eigenvalue weighted by Crippen LogP contribution is 2.42. The summed E-state index contributed by atoms with van der Waals surface area (Å²) in [7, 11) is 0. The molecule has 2 aliphatic rings. The number of allylic oxidation sites excluding steroid dienone is 2. The number of nitrogens with one attached hydrogen (secondary N) is 2. The third-order valence-electron chi connectivity index (χ3n) is 10.8. The predicted molar refractivity (Wildman–Crippen MR) is 225 cm³/mol. The molecule has 0 amide bonds. The molecule has 0 radical (unpaired) electrons. The molecule has 54 heavy (non-hydrogen) atoms. The van der Waals surface area contributed by atoms with Crippen molar-refractivity contribution < 1.29 is 0 Å². The Bertz CT molecular complexity index is 2760. The van der Waals surface area contributed by atoms with Crippen molar-refractivity contribution in [3.8, 4) is 33.5 Å². The van der Waals surface area contributed by atoms with E-state index in [9.17, 15) is 0 Å². The number of rotatable bonds is 6. The van der Waals surface area contributed by atoms with Crippen LogP contribution < -0.4 is 10.6 Å². The topological polar surface area (TPSA) is 49.3 Å². The number of amidine groups is 1. The van der Waals surface area contributed by atoms with Crippen LogP contribution in [0, 0.1) is 0 Å². The predicted octanol–water partition coefficient (Wildman–Crippen LogP) is 12.1. The average molecular weight is 695 g/mol. The van der Waals surface area contributed by atoms with Crippen LogP contribution in [0.5, 0.6) is 0 Å². The third kappa shape index (κ3) is 5.87. The molecule has 0 saturated heterocycles. The summed E-state index contributed by atoms with van der Waals surface area (Å²) in [5, 5.41) is 13.5. The summed E-state index contributed by atoms with van der Waals surface area (Å²) in [6.45, 7) is 0. The average Bonchev–Trinajstić information content (AvgIpc) is 3.26. The molecule has 8 aromatic rings. The molecule has 0 fully saturated rings. The van der Waals surface area contributed by atoms with Crippen molar-refractivity contribution in [3.63, 3.8) is 0 Å². The molecular weight excluding hydrogens is 657 g/mol. The maximum absolute atomic E-state index is 5.38. The Morgan fingerprint density at radius 1 is 0.537 bits per heavy atom. The molecule has 1 aromatic heterocycles. The van der Waals surface area contributed by atoms with Crippen LogP contribution in [0.3, 0.4) is 0 Å². The summed E-state index contributed by atoms with van der Waals surface area (Å²) in [5.74, 6) is 0.926. The van der Waals surface area contributed by atoms with Gasteiger partial charge in [-0.1, -0.05) is 170 Å². The van der Waals surface area contributed by atoms with Gasteiger partial charge in [0.05, 0.1) is 11.2 Å². The minimum atomic E-state index is -0.205. The van der Waals surface area contributed by atoms with E-state index in [0.717, 1.165) is 57.7 Å². The molecule has 0 spiro atoms. The van der Waals surface area contributed by atoms with Crippen LogP contribution in [-0.4, -0.2) is 10.8 Å². The fourth-order valence-electron chi connectivity index (χ4n) is 8.10. The van der Waals surface area contributed by atoms with Gasteiger partial charge in [0.25, 0.3) is 0 Å². The monoisotopic (exact) mass is 694 g/mol. The fourth-order valence-corrected chi connectivity index (χ4v) is 8.10. The Hall–Kier alpha value is -6.62. The zero-order chi connectivity index (χ0) is 35.8. The van der Waals surface area contributed by atoms with Gasteiger partial charge in [-0.25, -0.2) is 9.98 Å². The quantitative estimate of drug-likeness (QED) is 0.170. The third-order valence-corrected chi connectivity index (χ3v) is 10.8. The van der Waals surface area contributed by atoms with Crippen LogP contribution >= 0.6 is 0 Å². The van der Waals surface area contributed by atoms with E-state index in [-0.39, 0.29) is 12.3 Å². The summed E-state index contributed by atoms with van der Waals surface area (Å²) in [5.41, 5.74) is 11.2. The van der Waals surface area contributed by atoms with Crippen LogP contribution in [0.25, 0.3) is 66.0 Å². The van der Waals surface area contributed by atoms with Gasteiger partial charge in [0.1, 0.15) is 18.2 Å². The van der Waals surface area contributed by atoms with Crippen molar-refractivity contribution in [2.24, 2.45) is 4.99 Å². The molecule has 7 aromatic carbocycles. The highest BCUT2D eigenvalue weighted by Gasteiger charge is 2.26. The molecule has 0 saturated carbocycles. The molecule has 258 valence electrons. The highest BCUT2D eigenvalue weighted by atomic mass is 15.3. The number of aliphatic imine (C=N–C) groups is 1. The van der Waals surface area contributed by atoms with E-state index in [0.29, 0.717) is 0 Å². The van der Waals surface area contributed by atoms with E-state index in [1.54, 1.807) is 0 Å². The maximum Gasteiger partial charge on any atom is 0.131 e. The van der Waals surface area contributed by atoms with Gasteiger partial charge < -0.3 is 5.32 Å². The van der Waals surface area contributed by atoms with Crippen molar-refractivity contribution in [1.82, 2.24) is 15.6 Å².